The molecule has 0 N–H and O–H groups in total. The maximum absolute atomic E-state index is 10.9. The molecule has 0 saturated carbocycles. The Morgan fingerprint density at radius 3 is 2.64 bits per heavy atom. The van der Waals surface area contributed by atoms with Gasteiger partial charge in [-0.05, 0) is 48.2 Å². The van der Waals surface area contributed by atoms with Gasteiger partial charge in [-0.2, -0.15) is 0 Å². The van der Waals surface area contributed by atoms with E-state index in [1.54, 1.807) is 6.92 Å². The zero-order chi connectivity index (χ0) is 10.6. The van der Waals surface area contributed by atoms with E-state index in [9.17, 15) is 4.79 Å². The Hall–Kier alpha value is -0.420. The summed E-state index contributed by atoms with van der Waals surface area (Å²) < 4.78 is 1.25. The lowest BCUT2D eigenvalue weighted by Gasteiger charge is -2.15. The molecule has 0 amide bonds. The van der Waals surface area contributed by atoms with Gasteiger partial charge in [-0.3, -0.25) is 9.69 Å². The summed E-state index contributed by atoms with van der Waals surface area (Å²) in [5.41, 5.74) is 1.27. The van der Waals surface area contributed by atoms with Crippen molar-refractivity contribution in [3.63, 3.8) is 0 Å². The zero-order valence-electron chi connectivity index (χ0n) is 8.46. The fourth-order valence-corrected chi connectivity index (χ4v) is 1.91. The average molecular weight is 303 g/mol. The predicted octanol–water partition coefficient (Wildman–Crippen LogP) is 2.31. The van der Waals surface area contributed by atoms with E-state index >= 15 is 0 Å². The molecule has 0 saturated heterocycles. The van der Waals surface area contributed by atoms with Crippen LogP contribution in [0.15, 0.2) is 24.3 Å². The molecule has 0 atom stereocenters. The Kier molecular flexibility index (Phi) is 4.54. The molecule has 0 aliphatic carbocycles. The van der Waals surface area contributed by atoms with Crippen molar-refractivity contribution in [3.8, 4) is 0 Å². The molecule has 14 heavy (non-hydrogen) atoms. The second-order valence-electron chi connectivity index (χ2n) is 3.47. The molecule has 76 valence electrons. The number of likely N-dealkylation sites (N-methyl/N-ethyl adjacent to an activating group) is 1. The summed E-state index contributed by atoms with van der Waals surface area (Å²) in [7, 11) is 1.96. The number of ketones is 1. The number of carbonyl (C=O) groups excluding carboxylic acids is 1. The Labute approximate surface area is 98.4 Å². The second-order valence-corrected chi connectivity index (χ2v) is 4.63. The van der Waals surface area contributed by atoms with Crippen molar-refractivity contribution in [1.29, 1.82) is 0 Å². The maximum atomic E-state index is 10.9. The molecule has 0 heterocycles. The molecule has 0 spiro atoms. The van der Waals surface area contributed by atoms with E-state index in [-0.39, 0.29) is 5.78 Å². The summed E-state index contributed by atoms with van der Waals surface area (Å²) in [6.07, 6.45) is 0. The van der Waals surface area contributed by atoms with Crippen molar-refractivity contribution in [2.24, 2.45) is 0 Å². The first kappa shape index (κ1) is 11.7. The molecule has 3 heteroatoms. The lowest BCUT2D eigenvalue weighted by atomic mass is 10.2. The number of hydrogen-bond acceptors (Lipinski definition) is 2. The fraction of sp³-hybridized carbons (Fsp3) is 0.364. The molecule has 1 aromatic carbocycles. The molecular formula is C11H14INO. The first-order chi connectivity index (χ1) is 6.59. The van der Waals surface area contributed by atoms with Crippen LogP contribution in [-0.2, 0) is 11.3 Å². The number of nitrogens with zero attached hydrogens (tertiary/aromatic N) is 1. The molecular weight excluding hydrogens is 289 g/mol. The van der Waals surface area contributed by atoms with E-state index in [2.05, 4.69) is 34.7 Å². The molecule has 1 rings (SSSR count). The smallest absolute Gasteiger partial charge is 0.143 e. The van der Waals surface area contributed by atoms with Gasteiger partial charge in [0.25, 0.3) is 0 Å². The number of carbonyl (C=O) groups is 1. The van der Waals surface area contributed by atoms with E-state index in [4.69, 9.17) is 0 Å². The maximum Gasteiger partial charge on any atom is 0.143 e. The van der Waals surface area contributed by atoms with Gasteiger partial charge < -0.3 is 0 Å². The second kappa shape index (κ2) is 5.46. The van der Waals surface area contributed by atoms with E-state index in [0.29, 0.717) is 6.54 Å². The fourth-order valence-electron chi connectivity index (χ4n) is 1.35. The van der Waals surface area contributed by atoms with Gasteiger partial charge in [0.2, 0.25) is 0 Å². The topological polar surface area (TPSA) is 20.3 Å². The van der Waals surface area contributed by atoms with Crippen molar-refractivity contribution in [2.75, 3.05) is 13.6 Å². The highest BCUT2D eigenvalue weighted by Gasteiger charge is 2.04. The minimum atomic E-state index is 0.207. The lowest BCUT2D eigenvalue weighted by molar-refractivity contribution is -0.117. The quantitative estimate of drug-likeness (QED) is 0.796. The number of Topliss-reactive ketones (excluding diaryl/α,β-unsaturated/α-hetero) is 1. The van der Waals surface area contributed by atoms with Gasteiger partial charge in [0.15, 0.2) is 0 Å². The van der Waals surface area contributed by atoms with Gasteiger partial charge in [0, 0.05) is 10.1 Å². The minimum Gasteiger partial charge on any atom is -0.299 e. The van der Waals surface area contributed by atoms with Crippen LogP contribution < -0.4 is 0 Å². The highest BCUT2D eigenvalue weighted by molar-refractivity contribution is 14.1. The highest BCUT2D eigenvalue weighted by atomic mass is 127. The third kappa shape index (κ3) is 3.75. The zero-order valence-corrected chi connectivity index (χ0v) is 10.6. The standard InChI is InChI=1S/C11H14INO/c1-9(14)7-13(2)8-10-5-3-4-6-11(10)12/h3-6H,7-8H2,1-2H3. The van der Waals surface area contributed by atoms with Gasteiger partial charge in [0.05, 0.1) is 6.54 Å². The van der Waals surface area contributed by atoms with Gasteiger partial charge in [-0.15, -0.1) is 0 Å². The van der Waals surface area contributed by atoms with E-state index in [0.717, 1.165) is 6.54 Å². The first-order valence-electron chi connectivity index (χ1n) is 4.51. The average Bonchev–Trinajstić information content (AvgIpc) is 2.07. The summed E-state index contributed by atoms with van der Waals surface area (Å²) in [5.74, 6) is 0.207. The van der Waals surface area contributed by atoms with Crippen LogP contribution in [-0.4, -0.2) is 24.3 Å². The van der Waals surface area contributed by atoms with Gasteiger partial charge in [-0.25, -0.2) is 0 Å². The molecule has 0 aliphatic rings. The van der Waals surface area contributed by atoms with Crippen molar-refractivity contribution in [2.45, 2.75) is 13.5 Å². The van der Waals surface area contributed by atoms with Gasteiger partial charge in [0.1, 0.15) is 5.78 Å². The largest absolute Gasteiger partial charge is 0.299 e. The third-order valence-corrected chi connectivity index (χ3v) is 2.94. The van der Waals surface area contributed by atoms with Crippen LogP contribution in [0.1, 0.15) is 12.5 Å². The molecule has 0 fully saturated rings. The van der Waals surface area contributed by atoms with Crippen LogP contribution in [0, 0.1) is 3.57 Å². The molecule has 0 bridgehead atoms. The summed E-state index contributed by atoms with van der Waals surface area (Å²) >= 11 is 2.32. The Balaban J connectivity index is 2.60. The number of benzene rings is 1. The Bertz CT molecular complexity index is 325. The van der Waals surface area contributed by atoms with Crippen molar-refractivity contribution >= 4 is 28.4 Å². The van der Waals surface area contributed by atoms with Crippen LogP contribution in [0.4, 0.5) is 0 Å². The van der Waals surface area contributed by atoms with Crippen molar-refractivity contribution in [1.82, 2.24) is 4.90 Å². The number of halogens is 1. The van der Waals surface area contributed by atoms with Crippen LogP contribution in [0.3, 0.4) is 0 Å². The van der Waals surface area contributed by atoms with E-state index < -0.39 is 0 Å². The Morgan fingerprint density at radius 2 is 2.07 bits per heavy atom. The summed E-state index contributed by atoms with van der Waals surface area (Å²) in [6, 6.07) is 8.23. The molecule has 1 aromatic rings. The van der Waals surface area contributed by atoms with Crippen molar-refractivity contribution in [3.05, 3.63) is 33.4 Å². The summed E-state index contributed by atoms with van der Waals surface area (Å²) in [4.78, 5) is 12.9. The van der Waals surface area contributed by atoms with Crippen LogP contribution in [0.25, 0.3) is 0 Å². The van der Waals surface area contributed by atoms with Gasteiger partial charge in [-0.1, -0.05) is 18.2 Å². The summed E-state index contributed by atoms with van der Waals surface area (Å²) in [5, 5.41) is 0. The number of rotatable bonds is 4. The SMILES string of the molecule is CC(=O)CN(C)Cc1ccccc1I. The molecule has 0 unspecified atom stereocenters. The highest BCUT2D eigenvalue weighted by Crippen LogP contribution is 2.12. The molecule has 0 aromatic heterocycles. The Morgan fingerprint density at radius 1 is 1.43 bits per heavy atom. The lowest BCUT2D eigenvalue weighted by Crippen LogP contribution is -2.24. The van der Waals surface area contributed by atoms with E-state index in [1.165, 1.54) is 9.13 Å². The predicted molar refractivity (Wildman–Crippen MR) is 66.2 cm³/mol. The normalized spacial score (nSPS) is 10.6. The van der Waals surface area contributed by atoms with E-state index in [1.807, 2.05) is 24.1 Å². The minimum absolute atomic E-state index is 0.207. The van der Waals surface area contributed by atoms with Crippen LogP contribution in [0.2, 0.25) is 0 Å². The molecule has 0 radical (unpaired) electrons. The van der Waals surface area contributed by atoms with Gasteiger partial charge >= 0.3 is 0 Å². The molecule has 2 nitrogen and oxygen atoms in total. The number of hydrogen-bond donors (Lipinski definition) is 0. The van der Waals surface area contributed by atoms with Crippen LogP contribution >= 0.6 is 22.6 Å². The summed E-state index contributed by atoms with van der Waals surface area (Å²) in [6.45, 7) is 2.97. The third-order valence-electron chi connectivity index (χ3n) is 1.89. The molecule has 0 aliphatic heterocycles. The van der Waals surface area contributed by atoms with Crippen molar-refractivity contribution < 1.29 is 4.79 Å². The monoisotopic (exact) mass is 303 g/mol. The first-order valence-corrected chi connectivity index (χ1v) is 5.59. The van der Waals surface area contributed by atoms with Crippen LogP contribution in [0.5, 0.6) is 0 Å².